The van der Waals surface area contributed by atoms with Crippen LogP contribution >= 0.6 is 11.6 Å². The van der Waals surface area contributed by atoms with Crippen molar-refractivity contribution in [1.82, 2.24) is 10.3 Å². The number of carbonyl (C=O) groups excluding carboxylic acids is 1. The minimum Gasteiger partial charge on any atom is -0.374 e. The molecule has 0 aromatic carbocycles. The zero-order valence-electron chi connectivity index (χ0n) is 9.83. The van der Waals surface area contributed by atoms with Gasteiger partial charge < -0.3 is 15.5 Å². The lowest BCUT2D eigenvalue weighted by Crippen LogP contribution is -2.28. The minimum absolute atomic E-state index is 0.000318. The molecule has 19 heavy (non-hydrogen) atoms. The van der Waals surface area contributed by atoms with Gasteiger partial charge in [0.2, 0.25) is 0 Å². The SMILES string of the molecule is NNc1ncc(C(=O)NCCOCC(F)F)cc1Cl. The summed E-state index contributed by atoms with van der Waals surface area (Å²) < 4.78 is 28.1. The average molecular weight is 295 g/mol. The fourth-order valence-corrected chi connectivity index (χ4v) is 1.40. The number of nitrogens with one attached hydrogen (secondary N) is 2. The van der Waals surface area contributed by atoms with Gasteiger partial charge in [-0.05, 0) is 6.07 Å². The van der Waals surface area contributed by atoms with Crippen LogP contribution in [0.25, 0.3) is 0 Å². The Bertz CT molecular complexity index is 434. The van der Waals surface area contributed by atoms with Crippen LogP contribution in [0.15, 0.2) is 12.3 Å². The fraction of sp³-hybridized carbons (Fsp3) is 0.400. The summed E-state index contributed by atoms with van der Waals surface area (Å²) in [5.41, 5.74) is 2.50. The van der Waals surface area contributed by atoms with E-state index < -0.39 is 18.9 Å². The number of nitrogens with zero attached hydrogens (tertiary/aromatic N) is 1. The second-order valence-electron chi connectivity index (χ2n) is 3.42. The number of alkyl halides is 2. The van der Waals surface area contributed by atoms with Crippen LogP contribution < -0.4 is 16.6 Å². The van der Waals surface area contributed by atoms with Crippen molar-refractivity contribution in [2.45, 2.75) is 6.43 Å². The van der Waals surface area contributed by atoms with Gasteiger partial charge in [0.05, 0.1) is 17.2 Å². The molecule has 1 amide bonds. The highest BCUT2D eigenvalue weighted by Crippen LogP contribution is 2.18. The number of nitrogens with two attached hydrogens (primary N) is 1. The second-order valence-corrected chi connectivity index (χ2v) is 3.83. The standard InChI is InChI=1S/C10H13ClF2N4O2/c11-7-3-6(4-16-9(7)17-14)10(18)15-1-2-19-5-8(12)13/h3-4,8H,1-2,5,14H2,(H,15,18)(H,16,17). The molecule has 0 aliphatic rings. The largest absolute Gasteiger partial charge is 0.374 e. The van der Waals surface area contributed by atoms with Gasteiger partial charge in [0, 0.05) is 12.7 Å². The Morgan fingerprint density at radius 1 is 1.58 bits per heavy atom. The first-order valence-electron chi connectivity index (χ1n) is 5.31. The van der Waals surface area contributed by atoms with Gasteiger partial charge in [-0.25, -0.2) is 19.6 Å². The Hall–Kier alpha value is -1.51. The van der Waals surface area contributed by atoms with E-state index in [1.807, 2.05) is 0 Å². The number of hydrogen-bond donors (Lipinski definition) is 3. The van der Waals surface area contributed by atoms with E-state index in [9.17, 15) is 13.6 Å². The zero-order valence-corrected chi connectivity index (χ0v) is 10.6. The number of amides is 1. The van der Waals surface area contributed by atoms with Crippen LogP contribution in [0.3, 0.4) is 0 Å². The lowest BCUT2D eigenvalue weighted by atomic mass is 10.2. The summed E-state index contributed by atoms with van der Waals surface area (Å²) >= 11 is 5.80. The van der Waals surface area contributed by atoms with Crippen molar-refractivity contribution in [3.8, 4) is 0 Å². The monoisotopic (exact) mass is 294 g/mol. The van der Waals surface area contributed by atoms with Crippen LogP contribution in [-0.4, -0.2) is 37.1 Å². The molecule has 0 radical (unpaired) electrons. The summed E-state index contributed by atoms with van der Waals surface area (Å²) in [4.78, 5) is 15.5. The number of hydrogen-bond acceptors (Lipinski definition) is 5. The maximum absolute atomic E-state index is 11.8. The predicted octanol–water partition coefficient (Wildman–Crippen LogP) is 1.03. The molecule has 0 atom stereocenters. The maximum Gasteiger partial charge on any atom is 0.261 e. The number of aromatic nitrogens is 1. The van der Waals surface area contributed by atoms with Crippen LogP contribution in [0.4, 0.5) is 14.6 Å². The predicted molar refractivity (Wildman–Crippen MR) is 66.2 cm³/mol. The number of nitrogen functional groups attached to an aromatic ring is 1. The number of pyridine rings is 1. The number of anilines is 1. The van der Waals surface area contributed by atoms with Gasteiger partial charge in [-0.2, -0.15) is 0 Å². The third kappa shape index (κ3) is 5.33. The quantitative estimate of drug-likeness (QED) is 0.397. The van der Waals surface area contributed by atoms with E-state index in [1.54, 1.807) is 0 Å². The van der Waals surface area contributed by atoms with Gasteiger partial charge in [0.1, 0.15) is 6.61 Å². The molecule has 6 nitrogen and oxygen atoms in total. The smallest absolute Gasteiger partial charge is 0.261 e. The first-order valence-corrected chi connectivity index (χ1v) is 5.68. The van der Waals surface area contributed by atoms with Gasteiger partial charge in [0.25, 0.3) is 12.3 Å². The maximum atomic E-state index is 11.8. The number of hydrazine groups is 1. The molecule has 1 aromatic rings. The molecular weight excluding hydrogens is 282 g/mol. The van der Waals surface area contributed by atoms with Crippen molar-refractivity contribution < 1.29 is 18.3 Å². The summed E-state index contributed by atoms with van der Waals surface area (Å²) in [6.07, 6.45) is -1.23. The molecule has 0 unspecified atom stereocenters. The average Bonchev–Trinajstić information content (AvgIpc) is 2.37. The highest BCUT2D eigenvalue weighted by Gasteiger charge is 2.09. The normalized spacial score (nSPS) is 10.6. The van der Waals surface area contributed by atoms with Crippen molar-refractivity contribution in [2.24, 2.45) is 5.84 Å². The van der Waals surface area contributed by atoms with Crippen molar-refractivity contribution in [3.63, 3.8) is 0 Å². The molecule has 0 saturated carbocycles. The molecule has 0 spiro atoms. The topological polar surface area (TPSA) is 89.3 Å². The summed E-state index contributed by atoms with van der Waals surface area (Å²) in [7, 11) is 0. The highest BCUT2D eigenvalue weighted by molar-refractivity contribution is 6.33. The first kappa shape index (κ1) is 15.5. The number of carbonyl (C=O) groups is 1. The van der Waals surface area contributed by atoms with E-state index >= 15 is 0 Å². The Balaban J connectivity index is 2.39. The van der Waals surface area contributed by atoms with E-state index in [-0.39, 0.29) is 29.6 Å². The van der Waals surface area contributed by atoms with Crippen molar-refractivity contribution >= 4 is 23.3 Å². The molecule has 0 fully saturated rings. The van der Waals surface area contributed by atoms with Gasteiger partial charge in [0.15, 0.2) is 5.82 Å². The Morgan fingerprint density at radius 2 is 2.32 bits per heavy atom. The van der Waals surface area contributed by atoms with Gasteiger partial charge in [-0.15, -0.1) is 0 Å². The van der Waals surface area contributed by atoms with Crippen molar-refractivity contribution in [3.05, 3.63) is 22.8 Å². The van der Waals surface area contributed by atoms with Crippen LogP contribution in [0.5, 0.6) is 0 Å². The lowest BCUT2D eigenvalue weighted by Gasteiger charge is -2.07. The lowest BCUT2D eigenvalue weighted by molar-refractivity contribution is 0.0188. The number of halogens is 3. The van der Waals surface area contributed by atoms with Gasteiger partial charge >= 0.3 is 0 Å². The van der Waals surface area contributed by atoms with Gasteiger partial charge in [-0.3, -0.25) is 4.79 Å². The zero-order chi connectivity index (χ0) is 14.3. The summed E-state index contributed by atoms with van der Waals surface area (Å²) in [6.45, 7) is -0.542. The molecule has 0 aliphatic carbocycles. The molecular formula is C10H13ClF2N4O2. The third-order valence-electron chi connectivity index (χ3n) is 2.02. The Labute approximate surface area is 113 Å². The van der Waals surface area contributed by atoms with Crippen LogP contribution in [0, 0.1) is 0 Å². The van der Waals surface area contributed by atoms with E-state index in [1.165, 1.54) is 12.3 Å². The fourth-order valence-electron chi connectivity index (χ4n) is 1.18. The minimum atomic E-state index is -2.52. The van der Waals surface area contributed by atoms with E-state index in [0.29, 0.717) is 0 Å². The molecule has 1 aromatic heterocycles. The molecule has 1 rings (SSSR count). The summed E-state index contributed by atoms with van der Waals surface area (Å²) in [5, 5.41) is 2.68. The number of ether oxygens (including phenoxy) is 1. The highest BCUT2D eigenvalue weighted by atomic mass is 35.5. The van der Waals surface area contributed by atoms with Crippen molar-refractivity contribution in [1.29, 1.82) is 0 Å². The molecule has 4 N–H and O–H groups in total. The molecule has 1 heterocycles. The summed E-state index contributed by atoms with van der Waals surface area (Å²) in [5.74, 6) is 4.96. The van der Waals surface area contributed by atoms with E-state index in [4.69, 9.17) is 17.4 Å². The van der Waals surface area contributed by atoms with Gasteiger partial charge in [-0.1, -0.05) is 11.6 Å². The Morgan fingerprint density at radius 3 is 2.89 bits per heavy atom. The third-order valence-corrected chi connectivity index (χ3v) is 2.30. The second kappa shape index (κ2) is 7.82. The molecule has 106 valence electrons. The van der Waals surface area contributed by atoms with Crippen LogP contribution in [0.1, 0.15) is 10.4 Å². The van der Waals surface area contributed by atoms with E-state index in [0.717, 1.165) is 0 Å². The first-order chi connectivity index (χ1) is 9.04. The molecule has 0 aliphatic heterocycles. The molecule has 0 saturated heterocycles. The van der Waals surface area contributed by atoms with Crippen molar-refractivity contribution in [2.75, 3.05) is 25.2 Å². The van der Waals surface area contributed by atoms with Crippen LogP contribution in [-0.2, 0) is 4.74 Å². The van der Waals surface area contributed by atoms with Crippen LogP contribution in [0.2, 0.25) is 5.02 Å². The molecule has 0 bridgehead atoms. The van der Waals surface area contributed by atoms with E-state index in [2.05, 4.69) is 20.5 Å². The summed E-state index contributed by atoms with van der Waals surface area (Å²) in [6, 6.07) is 1.39. The molecule has 9 heteroatoms. The Kier molecular flexibility index (Phi) is 6.40. The number of rotatable bonds is 7.